The highest BCUT2D eigenvalue weighted by atomic mass is 35.5. The van der Waals surface area contributed by atoms with Gasteiger partial charge in [-0.05, 0) is 42.5 Å². The van der Waals surface area contributed by atoms with Gasteiger partial charge in [0.2, 0.25) is 0 Å². The monoisotopic (exact) mass is 409 g/mol. The first-order chi connectivity index (χ1) is 14.1. The lowest BCUT2D eigenvalue weighted by Gasteiger charge is -2.06. The second-order valence-corrected chi connectivity index (χ2v) is 6.50. The van der Waals surface area contributed by atoms with Gasteiger partial charge in [-0.25, -0.2) is 9.18 Å². The average Bonchev–Trinajstić information content (AvgIpc) is 3.14. The molecule has 0 amide bonds. The van der Waals surface area contributed by atoms with Crippen molar-refractivity contribution in [3.63, 3.8) is 0 Å². The van der Waals surface area contributed by atoms with Crippen molar-refractivity contribution in [1.29, 1.82) is 0 Å². The van der Waals surface area contributed by atoms with E-state index in [2.05, 4.69) is 0 Å². The van der Waals surface area contributed by atoms with E-state index in [1.54, 1.807) is 24.3 Å². The lowest BCUT2D eigenvalue weighted by Crippen LogP contribution is -2.01. The number of carbonyl (C=O) groups is 1. The zero-order valence-electron chi connectivity index (χ0n) is 16.4. The van der Waals surface area contributed by atoms with E-state index in [1.165, 1.54) is 19.2 Å². The number of aromatic nitrogens is 1. The number of carbonyl (C=O) groups excluding carboxylic acids is 1. The van der Waals surface area contributed by atoms with Crippen molar-refractivity contribution in [3.05, 3.63) is 89.3 Å². The molecule has 0 saturated heterocycles. The molecule has 0 bridgehead atoms. The van der Waals surface area contributed by atoms with Gasteiger partial charge >= 0.3 is 5.97 Å². The molecule has 0 spiro atoms. The minimum Gasteiger partial charge on any atom is -0.465 e. The molecule has 0 radical (unpaired) electrons. The van der Waals surface area contributed by atoms with Gasteiger partial charge in [0, 0.05) is 33.4 Å². The maximum atomic E-state index is 13.4. The normalized spacial score (nSPS) is 10.4. The highest BCUT2D eigenvalue weighted by Gasteiger charge is 2.16. The van der Waals surface area contributed by atoms with Gasteiger partial charge in [-0.3, -0.25) is 0 Å². The molecule has 0 N–H and O–H groups in total. The second kappa shape index (κ2) is 8.93. The molecule has 4 aromatic rings. The molecule has 0 saturated carbocycles. The highest BCUT2D eigenvalue weighted by molar-refractivity contribution is 6.33. The van der Waals surface area contributed by atoms with Gasteiger partial charge in [0.25, 0.3) is 0 Å². The third kappa shape index (κ3) is 4.03. The van der Waals surface area contributed by atoms with E-state index < -0.39 is 5.97 Å². The average molecular weight is 410 g/mol. The van der Waals surface area contributed by atoms with Gasteiger partial charge in [0.05, 0.1) is 18.2 Å². The van der Waals surface area contributed by atoms with Gasteiger partial charge in [0.15, 0.2) is 0 Å². The zero-order valence-corrected chi connectivity index (χ0v) is 17.2. The van der Waals surface area contributed by atoms with Crippen LogP contribution in [0.1, 0.15) is 24.2 Å². The number of esters is 1. The summed E-state index contributed by atoms with van der Waals surface area (Å²) in [5.74, 6) is -0.722. The van der Waals surface area contributed by atoms with E-state index in [4.69, 9.17) is 16.3 Å². The van der Waals surface area contributed by atoms with Crippen molar-refractivity contribution >= 4 is 28.5 Å². The van der Waals surface area contributed by atoms with Crippen molar-refractivity contribution in [3.8, 4) is 16.8 Å². The summed E-state index contributed by atoms with van der Waals surface area (Å²) in [5, 5.41) is 1.56. The Morgan fingerprint density at radius 2 is 1.66 bits per heavy atom. The van der Waals surface area contributed by atoms with Crippen molar-refractivity contribution in [2.45, 2.75) is 13.8 Å². The number of ether oxygens (including phenoxy) is 1. The number of benzene rings is 3. The molecular weight excluding hydrogens is 389 g/mol. The third-order valence-corrected chi connectivity index (χ3v) is 4.83. The third-order valence-electron chi connectivity index (χ3n) is 4.50. The van der Waals surface area contributed by atoms with Crippen LogP contribution in [0.25, 0.3) is 27.7 Å². The van der Waals surface area contributed by atoms with Crippen LogP contribution < -0.4 is 0 Å². The predicted octanol–water partition coefficient (Wildman–Crippen LogP) is 6.90. The maximum absolute atomic E-state index is 13.4. The number of halogens is 2. The van der Waals surface area contributed by atoms with E-state index in [-0.39, 0.29) is 5.82 Å². The fourth-order valence-electron chi connectivity index (χ4n) is 3.18. The van der Waals surface area contributed by atoms with Gasteiger partial charge in [-0.2, -0.15) is 0 Å². The number of hydrogen-bond acceptors (Lipinski definition) is 2. The van der Waals surface area contributed by atoms with Crippen LogP contribution in [0.2, 0.25) is 5.02 Å². The van der Waals surface area contributed by atoms with Crippen LogP contribution in [0.3, 0.4) is 0 Å². The molecule has 0 unspecified atom stereocenters. The second-order valence-electron chi connectivity index (χ2n) is 6.09. The van der Waals surface area contributed by atoms with Crippen LogP contribution in [-0.2, 0) is 4.74 Å². The van der Waals surface area contributed by atoms with Crippen LogP contribution in [0.4, 0.5) is 4.39 Å². The lowest BCUT2D eigenvalue weighted by molar-refractivity contribution is 0.0601. The summed E-state index contributed by atoms with van der Waals surface area (Å²) in [6.07, 6.45) is 1.94. The summed E-state index contributed by atoms with van der Waals surface area (Å²) >= 11 is 6.41. The number of rotatable bonds is 3. The summed E-state index contributed by atoms with van der Waals surface area (Å²) in [6, 6.07) is 19.1. The number of nitrogens with zero attached hydrogens (tertiary/aromatic N) is 1. The fraction of sp³-hybridized carbons (Fsp3) is 0.125. The minimum absolute atomic E-state index is 0.309. The molecule has 3 aromatic carbocycles. The quantitative estimate of drug-likeness (QED) is 0.344. The molecule has 0 aliphatic carbocycles. The van der Waals surface area contributed by atoms with Crippen LogP contribution in [0.5, 0.6) is 0 Å². The Hall–Kier alpha value is -3.11. The summed E-state index contributed by atoms with van der Waals surface area (Å²) in [6.45, 7) is 4.00. The van der Waals surface area contributed by atoms with Gasteiger partial charge < -0.3 is 9.30 Å². The molecule has 0 fully saturated rings. The van der Waals surface area contributed by atoms with Crippen LogP contribution >= 0.6 is 11.6 Å². The fourth-order valence-corrected chi connectivity index (χ4v) is 3.42. The van der Waals surface area contributed by atoms with Crippen LogP contribution in [0, 0.1) is 5.82 Å². The first-order valence-corrected chi connectivity index (χ1v) is 9.70. The molecular formula is C24H21ClFNO2. The van der Waals surface area contributed by atoms with Crippen molar-refractivity contribution in [1.82, 2.24) is 4.57 Å². The Labute approximate surface area is 174 Å². The zero-order chi connectivity index (χ0) is 21.0. The molecule has 0 aliphatic rings. The highest BCUT2D eigenvalue weighted by Crippen LogP contribution is 2.36. The minimum atomic E-state index is -0.414. The predicted molar refractivity (Wildman–Crippen MR) is 116 cm³/mol. The molecule has 4 rings (SSSR count). The Balaban J connectivity index is 0.00000117. The largest absolute Gasteiger partial charge is 0.465 e. The van der Waals surface area contributed by atoms with E-state index in [0.29, 0.717) is 10.6 Å². The van der Waals surface area contributed by atoms with Gasteiger partial charge in [0.1, 0.15) is 5.82 Å². The van der Waals surface area contributed by atoms with E-state index in [9.17, 15) is 9.18 Å². The molecule has 1 aromatic heterocycles. The van der Waals surface area contributed by atoms with Crippen LogP contribution in [-0.4, -0.2) is 17.6 Å². The molecule has 3 nitrogen and oxygen atoms in total. The van der Waals surface area contributed by atoms with Crippen molar-refractivity contribution in [2.75, 3.05) is 7.11 Å². The first kappa shape index (κ1) is 20.6. The topological polar surface area (TPSA) is 31.2 Å². The molecule has 1 heterocycles. The van der Waals surface area contributed by atoms with Gasteiger partial charge in [-0.15, -0.1) is 0 Å². The Bertz CT molecular complexity index is 1150. The van der Waals surface area contributed by atoms with Gasteiger partial charge in [-0.1, -0.05) is 49.7 Å². The summed E-state index contributed by atoms with van der Waals surface area (Å²) < 4.78 is 20.1. The Morgan fingerprint density at radius 1 is 0.966 bits per heavy atom. The Kier molecular flexibility index (Phi) is 6.35. The summed E-state index contributed by atoms with van der Waals surface area (Å²) in [7, 11) is 1.35. The number of methoxy groups -OCH3 is 1. The van der Waals surface area contributed by atoms with Crippen LogP contribution in [0.15, 0.2) is 72.9 Å². The standard InChI is InChI=1S/C22H15ClFNO2.C2H6/c1-27-22(26)14-6-11-18-19(17-4-2-3-5-20(17)23)13-25(21(18)12-14)16-9-7-15(24)8-10-16;1-2/h2-13H,1H3;1-2H3. The first-order valence-electron chi connectivity index (χ1n) is 9.33. The van der Waals surface area contributed by atoms with E-state index >= 15 is 0 Å². The van der Waals surface area contributed by atoms with E-state index in [0.717, 1.165) is 27.7 Å². The summed E-state index contributed by atoms with van der Waals surface area (Å²) in [4.78, 5) is 12.0. The van der Waals surface area contributed by atoms with Crippen molar-refractivity contribution < 1.29 is 13.9 Å². The maximum Gasteiger partial charge on any atom is 0.337 e. The molecule has 29 heavy (non-hydrogen) atoms. The number of hydrogen-bond donors (Lipinski definition) is 0. The molecule has 148 valence electrons. The number of fused-ring (bicyclic) bond motifs is 1. The SMILES string of the molecule is CC.COC(=O)c1ccc2c(-c3ccccc3Cl)cn(-c3ccc(F)cc3)c2c1. The Morgan fingerprint density at radius 3 is 2.31 bits per heavy atom. The molecule has 0 aliphatic heterocycles. The van der Waals surface area contributed by atoms with Crippen molar-refractivity contribution in [2.24, 2.45) is 0 Å². The molecule has 5 heteroatoms. The smallest absolute Gasteiger partial charge is 0.337 e. The van der Waals surface area contributed by atoms with E-state index in [1.807, 2.05) is 54.9 Å². The molecule has 0 atom stereocenters. The lowest BCUT2D eigenvalue weighted by atomic mass is 10.0. The summed E-state index contributed by atoms with van der Waals surface area (Å²) in [5.41, 5.74) is 3.84.